The van der Waals surface area contributed by atoms with Gasteiger partial charge in [-0.1, -0.05) is 50.6 Å². The molecule has 0 fully saturated rings. The third-order valence-electron chi connectivity index (χ3n) is 5.17. The molecule has 0 atom stereocenters. The van der Waals surface area contributed by atoms with E-state index in [0.717, 1.165) is 30.7 Å². The molecule has 0 aliphatic heterocycles. The van der Waals surface area contributed by atoms with Gasteiger partial charge in [-0.25, -0.2) is 0 Å². The number of aryl methyl sites for hydroxylation is 3. The van der Waals surface area contributed by atoms with E-state index >= 15 is 0 Å². The van der Waals surface area contributed by atoms with E-state index in [9.17, 15) is 0 Å². The number of benzene rings is 2. The largest absolute Gasteiger partial charge is 0.0837 e. The Balaban J connectivity index is 2.50. The molecule has 0 N–H and O–H groups in total. The Morgan fingerprint density at radius 3 is 1.91 bits per heavy atom. The average Bonchev–Trinajstić information content (AvgIpc) is 2.53. The summed E-state index contributed by atoms with van der Waals surface area (Å²) >= 11 is 6.74. The second-order valence-corrected chi connectivity index (χ2v) is 6.92. The SMILES string of the molecule is CCc1cc(Cc2cc(CC)c(C)c(CC)c2Cl)cc(C)c1C. The molecular formula is C22H29Cl. The highest BCUT2D eigenvalue weighted by atomic mass is 35.5. The van der Waals surface area contributed by atoms with Crippen LogP contribution in [0.2, 0.25) is 5.02 Å². The summed E-state index contributed by atoms with van der Waals surface area (Å²) in [5, 5.41) is 0.971. The minimum atomic E-state index is 0.924. The predicted molar refractivity (Wildman–Crippen MR) is 103 cm³/mol. The van der Waals surface area contributed by atoms with E-state index in [1.807, 2.05) is 0 Å². The third-order valence-corrected chi connectivity index (χ3v) is 5.65. The lowest BCUT2D eigenvalue weighted by molar-refractivity contribution is 1.02. The van der Waals surface area contributed by atoms with Crippen molar-refractivity contribution in [3.05, 3.63) is 67.7 Å². The fourth-order valence-electron chi connectivity index (χ4n) is 3.55. The van der Waals surface area contributed by atoms with Crippen molar-refractivity contribution in [1.82, 2.24) is 0 Å². The topological polar surface area (TPSA) is 0 Å². The van der Waals surface area contributed by atoms with E-state index in [1.165, 1.54) is 44.5 Å². The highest BCUT2D eigenvalue weighted by Crippen LogP contribution is 2.31. The fraction of sp³-hybridized carbons (Fsp3) is 0.455. The number of hydrogen-bond donors (Lipinski definition) is 0. The van der Waals surface area contributed by atoms with Gasteiger partial charge in [-0.05, 0) is 91.0 Å². The van der Waals surface area contributed by atoms with Crippen LogP contribution in [0.4, 0.5) is 0 Å². The van der Waals surface area contributed by atoms with Crippen LogP contribution >= 0.6 is 11.6 Å². The molecule has 0 heterocycles. The Labute approximate surface area is 146 Å². The molecule has 0 aliphatic rings. The molecule has 0 spiro atoms. The summed E-state index contributed by atoms with van der Waals surface area (Å²) in [4.78, 5) is 0. The summed E-state index contributed by atoms with van der Waals surface area (Å²) in [6.07, 6.45) is 4.07. The Morgan fingerprint density at radius 1 is 0.739 bits per heavy atom. The molecule has 2 aromatic rings. The van der Waals surface area contributed by atoms with E-state index in [0.29, 0.717) is 0 Å². The van der Waals surface area contributed by atoms with Crippen LogP contribution in [0, 0.1) is 20.8 Å². The minimum Gasteiger partial charge on any atom is -0.0837 e. The van der Waals surface area contributed by atoms with Crippen LogP contribution in [0.5, 0.6) is 0 Å². The Bertz CT molecular complexity index is 711. The van der Waals surface area contributed by atoms with Crippen LogP contribution in [0.1, 0.15) is 65.3 Å². The standard InChI is InChI=1S/C22H29Cl/c1-7-18-11-17(10-14(4)15(18)5)12-20-13-19(8-2)16(6)21(9-3)22(20)23/h10-11,13H,7-9,12H2,1-6H3. The second kappa shape index (κ2) is 7.53. The van der Waals surface area contributed by atoms with Gasteiger partial charge in [0, 0.05) is 5.02 Å². The Kier molecular flexibility index (Phi) is 5.92. The lowest BCUT2D eigenvalue weighted by Gasteiger charge is -2.17. The van der Waals surface area contributed by atoms with Crippen LogP contribution in [-0.2, 0) is 25.7 Å². The second-order valence-electron chi connectivity index (χ2n) is 6.55. The fourth-order valence-corrected chi connectivity index (χ4v) is 3.95. The van der Waals surface area contributed by atoms with Gasteiger partial charge in [-0.3, -0.25) is 0 Å². The molecule has 2 rings (SSSR count). The summed E-state index contributed by atoms with van der Waals surface area (Å²) in [5.41, 5.74) is 11.0. The summed E-state index contributed by atoms with van der Waals surface area (Å²) in [6, 6.07) is 7.00. The predicted octanol–water partition coefficient (Wildman–Crippen LogP) is 6.54. The maximum Gasteiger partial charge on any atom is 0.0476 e. The molecule has 0 aromatic heterocycles. The van der Waals surface area contributed by atoms with Crippen LogP contribution in [0.15, 0.2) is 18.2 Å². The minimum absolute atomic E-state index is 0.924. The van der Waals surface area contributed by atoms with E-state index in [4.69, 9.17) is 11.6 Å². The molecule has 0 bridgehead atoms. The molecule has 0 amide bonds. The van der Waals surface area contributed by atoms with Gasteiger partial charge in [0.05, 0.1) is 0 Å². The van der Waals surface area contributed by atoms with Crippen molar-refractivity contribution < 1.29 is 0 Å². The van der Waals surface area contributed by atoms with Crippen LogP contribution in [-0.4, -0.2) is 0 Å². The first kappa shape index (κ1) is 18.1. The van der Waals surface area contributed by atoms with Crippen molar-refractivity contribution in [1.29, 1.82) is 0 Å². The van der Waals surface area contributed by atoms with Crippen molar-refractivity contribution in [3.8, 4) is 0 Å². The smallest absolute Gasteiger partial charge is 0.0476 e. The summed E-state index contributed by atoms with van der Waals surface area (Å²) in [7, 11) is 0. The Hall–Kier alpha value is -1.27. The molecule has 0 saturated carbocycles. The monoisotopic (exact) mass is 328 g/mol. The number of hydrogen-bond acceptors (Lipinski definition) is 0. The maximum atomic E-state index is 6.74. The first-order valence-electron chi connectivity index (χ1n) is 8.81. The molecule has 0 unspecified atom stereocenters. The Morgan fingerprint density at radius 2 is 1.35 bits per heavy atom. The molecule has 2 aromatic carbocycles. The average molecular weight is 329 g/mol. The van der Waals surface area contributed by atoms with Gasteiger partial charge in [0.25, 0.3) is 0 Å². The molecule has 124 valence electrons. The summed E-state index contributed by atoms with van der Waals surface area (Å²) < 4.78 is 0. The highest BCUT2D eigenvalue weighted by Gasteiger charge is 2.13. The van der Waals surface area contributed by atoms with E-state index < -0.39 is 0 Å². The van der Waals surface area contributed by atoms with E-state index in [-0.39, 0.29) is 0 Å². The van der Waals surface area contributed by atoms with Crippen molar-refractivity contribution >= 4 is 11.6 Å². The summed E-state index contributed by atoms with van der Waals surface area (Å²) in [6.45, 7) is 13.3. The van der Waals surface area contributed by atoms with Gasteiger partial charge in [0.2, 0.25) is 0 Å². The quantitative estimate of drug-likeness (QED) is 0.584. The van der Waals surface area contributed by atoms with Crippen molar-refractivity contribution in [2.75, 3.05) is 0 Å². The van der Waals surface area contributed by atoms with Gasteiger partial charge in [-0.15, -0.1) is 0 Å². The molecular weight excluding hydrogens is 300 g/mol. The molecule has 0 aliphatic carbocycles. The van der Waals surface area contributed by atoms with Crippen molar-refractivity contribution in [3.63, 3.8) is 0 Å². The van der Waals surface area contributed by atoms with Crippen LogP contribution in [0.25, 0.3) is 0 Å². The van der Waals surface area contributed by atoms with Crippen LogP contribution < -0.4 is 0 Å². The maximum absolute atomic E-state index is 6.74. The van der Waals surface area contributed by atoms with Gasteiger partial charge >= 0.3 is 0 Å². The van der Waals surface area contributed by atoms with Crippen molar-refractivity contribution in [2.45, 2.75) is 67.2 Å². The zero-order valence-electron chi connectivity index (χ0n) is 15.4. The number of rotatable bonds is 5. The molecule has 1 heteroatoms. The van der Waals surface area contributed by atoms with E-state index in [2.05, 4.69) is 59.7 Å². The number of halogens is 1. The molecule has 0 saturated heterocycles. The lowest BCUT2D eigenvalue weighted by atomic mass is 9.91. The first-order chi connectivity index (χ1) is 10.9. The molecule has 0 nitrogen and oxygen atoms in total. The van der Waals surface area contributed by atoms with Gasteiger partial charge in [0.1, 0.15) is 0 Å². The zero-order valence-corrected chi connectivity index (χ0v) is 16.2. The molecule has 0 radical (unpaired) electrons. The molecule has 23 heavy (non-hydrogen) atoms. The first-order valence-corrected chi connectivity index (χ1v) is 9.19. The highest BCUT2D eigenvalue weighted by molar-refractivity contribution is 6.32. The van der Waals surface area contributed by atoms with E-state index in [1.54, 1.807) is 0 Å². The summed E-state index contributed by atoms with van der Waals surface area (Å²) in [5.74, 6) is 0. The zero-order chi connectivity index (χ0) is 17.1. The van der Waals surface area contributed by atoms with Crippen LogP contribution in [0.3, 0.4) is 0 Å². The normalized spacial score (nSPS) is 11.1. The van der Waals surface area contributed by atoms with Gasteiger partial charge in [0.15, 0.2) is 0 Å². The van der Waals surface area contributed by atoms with Gasteiger partial charge in [-0.2, -0.15) is 0 Å². The van der Waals surface area contributed by atoms with Crippen molar-refractivity contribution in [2.24, 2.45) is 0 Å². The lowest BCUT2D eigenvalue weighted by Crippen LogP contribution is -2.02. The van der Waals surface area contributed by atoms with Gasteiger partial charge < -0.3 is 0 Å². The third kappa shape index (κ3) is 3.63.